The number of carbonyl (C=O) groups is 1. The van der Waals surface area contributed by atoms with E-state index in [-0.39, 0.29) is 11.7 Å². The second-order valence-corrected chi connectivity index (χ2v) is 7.75. The maximum absolute atomic E-state index is 12.1. The molecule has 0 aliphatic heterocycles. The summed E-state index contributed by atoms with van der Waals surface area (Å²) in [6, 6.07) is 12.7. The van der Waals surface area contributed by atoms with Crippen molar-refractivity contribution in [1.82, 2.24) is 10.6 Å². The first-order chi connectivity index (χ1) is 14.5. The number of aliphatic hydroxyl groups is 1. The normalized spacial score (nSPS) is 13.5. The summed E-state index contributed by atoms with van der Waals surface area (Å²) in [6.45, 7) is 5.21. The number of aliphatic imine (C=N–C) groups is 1. The fraction of sp³-hybridized carbons (Fsp3) is 0.273. The van der Waals surface area contributed by atoms with Gasteiger partial charge in [-0.15, -0.1) is 0 Å². The van der Waals surface area contributed by atoms with Gasteiger partial charge in [0.05, 0.1) is 19.4 Å². The van der Waals surface area contributed by atoms with Crippen LogP contribution < -0.4 is 16.0 Å². The molecule has 0 fully saturated rings. The zero-order chi connectivity index (χ0) is 21.4. The van der Waals surface area contributed by atoms with E-state index in [9.17, 15) is 9.90 Å². The van der Waals surface area contributed by atoms with Gasteiger partial charge in [-0.05, 0) is 66.1 Å². The van der Waals surface area contributed by atoms with E-state index in [0.717, 1.165) is 11.1 Å². The maximum atomic E-state index is 12.1. The molecule has 0 bridgehead atoms. The standard InChI is InChI=1S/C22H26N4O3S/c1-3-23-21(25-15-22(2,28)17-9-11-30-14-17)24-13-16-6-4-7-18(12-16)26-20(27)19-8-5-10-29-19/h4-12,14,28H,3,13,15H2,1-2H3,(H,26,27)(H2,23,24,25). The summed E-state index contributed by atoms with van der Waals surface area (Å²) in [6.07, 6.45) is 1.46. The third kappa shape index (κ3) is 5.95. The number of nitrogens with one attached hydrogen (secondary N) is 3. The summed E-state index contributed by atoms with van der Waals surface area (Å²) in [5, 5.41) is 23.8. The van der Waals surface area contributed by atoms with Gasteiger partial charge in [0.1, 0.15) is 5.60 Å². The Kier molecular flexibility index (Phi) is 7.26. The minimum absolute atomic E-state index is 0.259. The van der Waals surface area contributed by atoms with E-state index in [0.29, 0.717) is 31.3 Å². The van der Waals surface area contributed by atoms with Gasteiger partial charge in [0.25, 0.3) is 5.91 Å². The molecule has 158 valence electrons. The molecule has 7 nitrogen and oxygen atoms in total. The fourth-order valence-corrected chi connectivity index (χ4v) is 3.57. The number of hydrogen-bond acceptors (Lipinski definition) is 5. The van der Waals surface area contributed by atoms with Crippen LogP contribution in [-0.4, -0.2) is 30.1 Å². The molecule has 8 heteroatoms. The van der Waals surface area contributed by atoms with E-state index in [1.807, 2.05) is 48.0 Å². The zero-order valence-electron chi connectivity index (χ0n) is 17.0. The fourth-order valence-electron chi connectivity index (χ4n) is 2.79. The number of hydrogen-bond donors (Lipinski definition) is 4. The molecule has 0 saturated heterocycles. The predicted molar refractivity (Wildman–Crippen MR) is 120 cm³/mol. The topological polar surface area (TPSA) is 98.9 Å². The molecule has 0 spiro atoms. The van der Waals surface area contributed by atoms with Crippen LogP contribution in [0, 0.1) is 0 Å². The van der Waals surface area contributed by atoms with Gasteiger partial charge in [-0.3, -0.25) is 4.79 Å². The van der Waals surface area contributed by atoms with Crippen molar-refractivity contribution in [2.24, 2.45) is 4.99 Å². The van der Waals surface area contributed by atoms with E-state index in [1.165, 1.54) is 6.26 Å². The monoisotopic (exact) mass is 426 g/mol. The van der Waals surface area contributed by atoms with Crippen LogP contribution in [0.2, 0.25) is 0 Å². The van der Waals surface area contributed by atoms with Gasteiger partial charge in [0.15, 0.2) is 11.7 Å². The molecule has 0 aliphatic rings. The van der Waals surface area contributed by atoms with Gasteiger partial charge in [-0.1, -0.05) is 12.1 Å². The molecule has 0 radical (unpaired) electrons. The second-order valence-electron chi connectivity index (χ2n) is 6.97. The molecule has 1 aromatic carbocycles. The van der Waals surface area contributed by atoms with Crippen LogP contribution in [0.3, 0.4) is 0 Å². The lowest BCUT2D eigenvalue weighted by Gasteiger charge is -2.24. The van der Waals surface area contributed by atoms with Gasteiger partial charge in [0, 0.05) is 12.2 Å². The Morgan fingerprint density at radius 1 is 1.23 bits per heavy atom. The molecule has 4 N–H and O–H groups in total. The predicted octanol–water partition coefficient (Wildman–Crippen LogP) is 3.56. The van der Waals surface area contributed by atoms with Crippen molar-refractivity contribution in [2.75, 3.05) is 18.4 Å². The van der Waals surface area contributed by atoms with Gasteiger partial charge in [-0.2, -0.15) is 11.3 Å². The van der Waals surface area contributed by atoms with Crippen LogP contribution in [0.1, 0.15) is 35.5 Å². The summed E-state index contributed by atoms with van der Waals surface area (Å²) >= 11 is 1.55. The molecule has 1 unspecified atom stereocenters. The molecule has 30 heavy (non-hydrogen) atoms. The molecule has 0 saturated carbocycles. The van der Waals surface area contributed by atoms with Crippen molar-refractivity contribution < 1.29 is 14.3 Å². The Morgan fingerprint density at radius 2 is 2.10 bits per heavy atom. The lowest BCUT2D eigenvalue weighted by atomic mass is 9.99. The van der Waals surface area contributed by atoms with Crippen LogP contribution in [0.25, 0.3) is 0 Å². The van der Waals surface area contributed by atoms with Gasteiger partial charge >= 0.3 is 0 Å². The molecule has 0 aliphatic carbocycles. The number of benzene rings is 1. The summed E-state index contributed by atoms with van der Waals surface area (Å²) in [5.41, 5.74) is 1.49. The van der Waals surface area contributed by atoms with Crippen molar-refractivity contribution in [3.05, 3.63) is 76.4 Å². The van der Waals surface area contributed by atoms with E-state index < -0.39 is 5.60 Å². The minimum Gasteiger partial charge on any atom is -0.459 e. The SMILES string of the molecule is CCNC(=NCc1cccc(NC(=O)c2ccco2)c1)NCC(C)(O)c1ccsc1. The number of anilines is 1. The number of nitrogens with zero attached hydrogens (tertiary/aromatic N) is 1. The Morgan fingerprint density at radius 3 is 2.80 bits per heavy atom. The van der Waals surface area contributed by atoms with Crippen LogP contribution >= 0.6 is 11.3 Å². The molecule has 2 aromatic heterocycles. The number of rotatable bonds is 8. The van der Waals surface area contributed by atoms with Crippen molar-refractivity contribution in [2.45, 2.75) is 26.0 Å². The van der Waals surface area contributed by atoms with E-state index in [2.05, 4.69) is 20.9 Å². The summed E-state index contributed by atoms with van der Waals surface area (Å²) in [5.74, 6) is 0.569. The number of guanidine groups is 1. The van der Waals surface area contributed by atoms with E-state index >= 15 is 0 Å². The lowest BCUT2D eigenvalue weighted by Crippen LogP contribution is -2.44. The molecular formula is C22H26N4O3S. The number of carbonyl (C=O) groups excluding carboxylic acids is 1. The third-order valence-corrected chi connectivity index (χ3v) is 5.12. The molecular weight excluding hydrogens is 400 g/mol. The zero-order valence-corrected chi connectivity index (χ0v) is 17.8. The first kappa shape index (κ1) is 21.6. The lowest BCUT2D eigenvalue weighted by molar-refractivity contribution is 0.0621. The summed E-state index contributed by atoms with van der Waals surface area (Å²) in [4.78, 5) is 16.7. The number of furan rings is 1. The molecule has 3 rings (SSSR count). The molecule has 1 atom stereocenters. The Hall–Kier alpha value is -3.10. The van der Waals surface area contributed by atoms with Crippen molar-refractivity contribution in [1.29, 1.82) is 0 Å². The highest BCUT2D eigenvalue weighted by atomic mass is 32.1. The second kappa shape index (κ2) is 10.1. The van der Waals surface area contributed by atoms with E-state index in [1.54, 1.807) is 30.4 Å². The van der Waals surface area contributed by atoms with Crippen LogP contribution in [0.15, 0.2) is 68.9 Å². The van der Waals surface area contributed by atoms with Crippen LogP contribution in [0.5, 0.6) is 0 Å². The highest BCUT2D eigenvalue weighted by Crippen LogP contribution is 2.22. The molecule has 2 heterocycles. The molecule has 3 aromatic rings. The molecule has 1 amide bonds. The minimum atomic E-state index is -0.994. The van der Waals surface area contributed by atoms with Gasteiger partial charge in [0.2, 0.25) is 0 Å². The Balaban J connectivity index is 1.62. The van der Waals surface area contributed by atoms with Crippen LogP contribution in [-0.2, 0) is 12.1 Å². The number of amides is 1. The van der Waals surface area contributed by atoms with Crippen molar-refractivity contribution in [3.8, 4) is 0 Å². The highest BCUT2D eigenvalue weighted by Gasteiger charge is 2.23. The highest BCUT2D eigenvalue weighted by molar-refractivity contribution is 7.08. The Bertz CT molecular complexity index is 966. The maximum Gasteiger partial charge on any atom is 0.291 e. The van der Waals surface area contributed by atoms with Gasteiger partial charge < -0.3 is 25.5 Å². The number of thiophene rings is 1. The van der Waals surface area contributed by atoms with Crippen LogP contribution in [0.4, 0.5) is 5.69 Å². The third-order valence-electron chi connectivity index (χ3n) is 4.44. The average molecular weight is 427 g/mol. The first-order valence-electron chi connectivity index (χ1n) is 9.69. The largest absolute Gasteiger partial charge is 0.459 e. The van der Waals surface area contributed by atoms with E-state index in [4.69, 9.17) is 4.42 Å². The first-order valence-corrected chi connectivity index (χ1v) is 10.6. The average Bonchev–Trinajstić information content (AvgIpc) is 3.45. The summed E-state index contributed by atoms with van der Waals surface area (Å²) < 4.78 is 5.11. The van der Waals surface area contributed by atoms with Gasteiger partial charge in [-0.25, -0.2) is 4.99 Å². The van der Waals surface area contributed by atoms with Crippen molar-refractivity contribution in [3.63, 3.8) is 0 Å². The quantitative estimate of drug-likeness (QED) is 0.326. The van der Waals surface area contributed by atoms with Crippen molar-refractivity contribution >= 4 is 28.9 Å². The Labute approximate surface area is 179 Å². The smallest absolute Gasteiger partial charge is 0.291 e. The summed E-state index contributed by atoms with van der Waals surface area (Å²) in [7, 11) is 0.